The Bertz CT molecular complexity index is 507. The second kappa shape index (κ2) is 5.27. The molecule has 17 heavy (non-hydrogen) atoms. The molecule has 0 radical (unpaired) electrons. The molecule has 0 atom stereocenters. The largest absolute Gasteiger partial charge is 0.461 e. The quantitative estimate of drug-likeness (QED) is 0.810. The third kappa shape index (κ3) is 2.47. The van der Waals surface area contributed by atoms with E-state index in [2.05, 4.69) is 12.2 Å². The molecule has 0 bridgehead atoms. The molecule has 0 aliphatic heterocycles. The van der Waals surface area contributed by atoms with Crippen molar-refractivity contribution in [3.05, 3.63) is 35.6 Å². The Morgan fingerprint density at radius 1 is 1.18 bits per heavy atom. The summed E-state index contributed by atoms with van der Waals surface area (Å²) < 4.78 is 32.0. The fraction of sp³-hybridized carbons (Fsp3) is 0.385. The second-order valence-electron chi connectivity index (χ2n) is 3.99. The summed E-state index contributed by atoms with van der Waals surface area (Å²) in [7, 11) is 0. The summed E-state index contributed by atoms with van der Waals surface area (Å²) in [5.41, 5.74) is 0.719. The molecule has 0 amide bonds. The zero-order valence-electron chi connectivity index (χ0n) is 9.72. The minimum absolute atomic E-state index is 0.00971. The van der Waals surface area contributed by atoms with Crippen LogP contribution in [0.15, 0.2) is 22.8 Å². The van der Waals surface area contributed by atoms with E-state index >= 15 is 0 Å². The molecule has 2 nitrogen and oxygen atoms in total. The number of hydrogen-bond acceptors (Lipinski definition) is 2. The van der Waals surface area contributed by atoms with Crippen LogP contribution in [0.25, 0.3) is 11.0 Å². The lowest BCUT2D eigenvalue weighted by Gasteiger charge is -2.01. The maximum Gasteiger partial charge on any atom is 0.172 e. The molecule has 2 rings (SSSR count). The van der Waals surface area contributed by atoms with Crippen LogP contribution in [0.3, 0.4) is 0 Å². The predicted molar refractivity (Wildman–Crippen MR) is 63.0 cm³/mol. The van der Waals surface area contributed by atoms with E-state index in [-0.39, 0.29) is 11.0 Å². The minimum Gasteiger partial charge on any atom is -0.461 e. The Balaban J connectivity index is 2.20. The van der Waals surface area contributed by atoms with Crippen LogP contribution in [0.2, 0.25) is 0 Å². The van der Waals surface area contributed by atoms with Gasteiger partial charge in [-0.2, -0.15) is 0 Å². The summed E-state index contributed by atoms with van der Waals surface area (Å²) in [6.07, 6.45) is 3.12. The van der Waals surface area contributed by atoms with Gasteiger partial charge >= 0.3 is 0 Å². The molecule has 1 aromatic heterocycles. The zero-order valence-corrected chi connectivity index (χ0v) is 9.72. The number of halogens is 2. The molecule has 0 aliphatic carbocycles. The van der Waals surface area contributed by atoms with Crippen molar-refractivity contribution in [2.24, 2.45) is 0 Å². The van der Waals surface area contributed by atoms with E-state index in [0.29, 0.717) is 12.0 Å². The lowest BCUT2D eigenvalue weighted by Crippen LogP contribution is -2.17. The first-order chi connectivity index (χ1) is 8.24. The lowest BCUT2D eigenvalue weighted by atomic mass is 10.1. The number of furan rings is 1. The second-order valence-corrected chi connectivity index (χ2v) is 3.99. The zero-order chi connectivity index (χ0) is 12.3. The molecule has 0 aliphatic rings. The van der Waals surface area contributed by atoms with E-state index in [1.54, 1.807) is 0 Å². The minimum atomic E-state index is -0.519. The topological polar surface area (TPSA) is 25.2 Å². The monoisotopic (exact) mass is 239 g/mol. The van der Waals surface area contributed by atoms with Crippen LogP contribution in [-0.2, 0) is 6.42 Å². The van der Waals surface area contributed by atoms with Crippen molar-refractivity contribution in [1.82, 2.24) is 5.32 Å². The Labute approximate surface area is 98.6 Å². The number of nitrogens with one attached hydrogen (secondary N) is 1. The van der Waals surface area contributed by atoms with Gasteiger partial charge < -0.3 is 9.73 Å². The first-order valence-corrected chi connectivity index (χ1v) is 5.78. The molecule has 4 heteroatoms. The van der Waals surface area contributed by atoms with Gasteiger partial charge in [0.05, 0.1) is 11.6 Å². The van der Waals surface area contributed by atoms with Crippen molar-refractivity contribution < 1.29 is 13.2 Å². The van der Waals surface area contributed by atoms with Gasteiger partial charge in [-0.1, -0.05) is 6.92 Å². The Hall–Kier alpha value is -1.42. The third-order valence-electron chi connectivity index (χ3n) is 2.70. The van der Waals surface area contributed by atoms with E-state index in [9.17, 15) is 8.78 Å². The van der Waals surface area contributed by atoms with Gasteiger partial charge in [-0.05, 0) is 38.1 Å². The first kappa shape index (κ1) is 12.0. The summed E-state index contributed by atoms with van der Waals surface area (Å²) >= 11 is 0. The summed E-state index contributed by atoms with van der Waals surface area (Å²) in [6, 6.07) is 2.22. The van der Waals surface area contributed by atoms with Crippen molar-refractivity contribution in [2.75, 3.05) is 13.1 Å². The molecular weight excluding hydrogens is 224 g/mol. The number of fused-ring (bicyclic) bond motifs is 1. The van der Waals surface area contributed by atoms with Gasteiger partial charge in [-0.3, -0.25) is 0 Å². The number of benzene rings is 1. The predicted octanol–water partition coefficient (Wildman–Crippen LogP) is 3.25. The number of hydrogen-bond donors (Lipinski definition) is 1. The van der Waals surface area contributed by atoms with Gasteiger partial charge in [-0.25, -0.2) is 8.78 Å². The first-order valence-electron chi connectivity index (χ1n) is 5.78. The van der Waals surface area contributed by atoms with Crippen LogP contribution < -0.4 is 5.32 Å². The molecular formula is C13H15F2NO. The molecule has 0 saturated carbocycles. The smallest absolute Gasteiger partial charge is 0.172 e. The van der Waals surface area contributed by atoms with Crippen molar-refractivity contribution >= 4 is 11.0 Å². The van der Waals surface area contributed by atoms with Gasteiger partial charge in [0.1, 0.15) is 5.82 Å². The summed E-state index contributed by atoms with van der Waals surface area (Å²) in [5.74, 6) is -0.949. The summed E-state index contributed by atoms with van der Waals surface area (Å²) in [5, 5.41) is 3.48. The van der Waals surface area contributed by atoms with Gasteiger partial charge in [0.15, 0.2) is 11.4 Å². The molecule has 0 spiro atoms. The van der Waals surface area contributed by atoms with E-state index in [0.717, 1.165) is 31.6 Å². The van der Waals surface area contributed by atoms with Crippen molar-refractivity contribution in [2.45, 2.75) is 19.8 Å². The summed E-state index contributed by atoms with van der Waals surface area (Å²) in [6.45, 7) is 3.74. The normalized spacial score (nSPS) is 11.2. The SMILES string of the molecule is CCCNCCc1coc2c(F)ccc(F)c12. The highest BCUT2D eigenvalue weighted by Gasteiger charge is 2.14. The third-order valence-corrected chi connectivity index (χ3v) is 2.70. The van der Waals surface area contributed by atoms with Crippen LogP contribution in [0.4, 0.5) is 8.78 Å². The van der Waals surface area contributed by atoms with Crippen molar-refractivity contribution in [3.8, 4) is 0 Å². The van der Waals surface area contributed by atoms with Crippen molar-refractivity contribution in [3.63, 3.8) is 0 Å². The van der Waals surface area contributed by atoms with Crippen LogP contribution in [0.1, 0.15) is 18.9 Å². The van der Waals surface area contributed by atoms with Gasteiger partial charge in [0.25, 0.3) is 0 Å². The van der Waals surface area contributed by atoms with E-state index in [4.69, 9.17) is 4.42 Å². The highest BCUT2D eigenvalue weighted by Crippen LogP contribution is 2.26. The Kier molecular flexibility index (Phi) is 3.74. The standard InChI is InChI=1S/C13H15F2NO/c1-2-6-16-7-5-9-8-17-13-11(15)4-3-10(14)12(9)13/h3-4,8,16H,2,5-7H2,1H3. The van der Waals surface area contributed by atoms with Gasteiger partial charge in [0, 0.05) is 5.56 Å². The molecule has 0 fully saturated rings. The van der Waals surface area contributed by atoms with Gasteiger partial charge in [-0.15, -0.1) is 0 Å². The van der Waals surface area contributed by atoms with E-state index in [1.807, 2.05) is 0 Å². The molecule has 92 valence electrons. The molecule has 1 N–H and O–H groups in total. The summed E-state index contributed by atoms with van der Waals surface area (Å²) in [4.78, 5) is 0. The lowest BCUT2D eigenvalue weighted by molar-refractivity contribution is 0.553. The molecule has 1 heterocycles. The van der Waals surface area contributed by atoms with E-state index < -0.39 is 11.6 Å². The van der Waals surface area contributed by atoms with Crippen LogP contribution in [0, 0.1) is 11.6 Å². The fourth-order valence-corrected chi connectivity index (χ4v) is 1.85. The van der Waals surface area contributed by atoms with Crippen LogP contribution >= 0.6 is 0 Å². The van der Waals surface area contributed by atoms with Crippen LogP contribution in [0.5, 0.6) is 0 Å². The molecule has 2 aromatic rings. The average molecular weight is 239 g/mol. The van der Waals surface area contributed by atoms with E-state index in [1.165, 1.54) is 6.26 Å². The average Bonchev–Trinajstić information content (AvgIpc) is 2.75. The maximum absolute atomic E-state index is 13.6. The fourth-order valence-electron chi connectivity index (χ4n) is 1.85. The molecule has 0 saturated heterocycles. The Morgan fingerprint density at radius 2 is 1.94 bits per heavy atom. The highest BCUT2D eigenvalue weighted by molar-refractivity contribution is 5.82. The van der Waals surface area contributed by atoms with Crippen LogP contribution in [-0.4, -0.2) is 13.1 Å². The van der Waals surface area contributed by atoms with Crippen molar-refractivity contribution in [1.29, 1.82) is 0 Å². The highest BCUT2D eigenvalue weighted by atomic mass is 19.1. The molecule has 0 unspecified atom stereocenters. The number of rotatable bonds is 5. The van der Waals surface area contributed by atoms with Gasteiger partial charge in [0.2, 0.25) is 0 Å². The maximum atomic E-state index is 13.6. The Morgan fingerprint density at radius 3 is 2.71 bits per heavy atom. The molecule has 1 aromatic carbocycles.